The molecule has 0 fully saturated rings. The molecule has 0 saturated carbocycles. The zero-order chi connectivity index (χ0) is 9.14. The number of rotatable bonds is 2. The van der Waals surface area contributed by atoms with Crippen molar-refractivity contribution < 1.29 is 18.4 Å². The highest BCUT2D eigenvalue weighted by Gasteiger charge is 2.09. The maximum Gasteiger partial charge on any atom is 0.153 e. The summed E-state index contributed by atoms with van der Waals surface area (Å²) in [6.07, 6.45) is 0.411. The molecule has 62 valence electrons. The summed E-state index contributed by atoms with van der Waals surface area (Å²) in [5, 5.41) is 0. The van der Waals surface area contributed by atoms with Crippen molar-refractivity contribution in [2.24, 2.45) is 0 Å². The molecular formula is C8H4F2O2. The van der Waals surface area contributed by atoms with Gasteiger partial charge in [0.25, 0.3) is 0 Å². The molecule has 0 atom stereocenters. The summed E-state index contributed by atoms with van der Waals surface area (Å²) in [6, 6.07) is 1.36. The molecule has 0 N–H and O–H groups in total. The average molecular weight is 170 g/mol. The fourth-order valence-electron chi connectivity index (χ4n) is 0.827. The number of benzene rings is 1. The first-order valence-corrected chi connectivity index (χ1v) is 3.08. The minimum atomic E-state index is -1.02. The van der Waals surface area contributed by atoms with E-state index in [9.17, 15) is 18.4 Å². The second-order valence-electron chi connectivity index (χ2n) is 2.13. The fraction of sp³-hybridized carbons (Fsp3) is 0. The van der Waals surface area contributed by atoms with E-state index >= 15 is 0 Å². The van der Waals surface area contributed by atoms with Crippen molar-refractivity contribution in [2.75, 3.05) is 0 Å². The summed E-state index contributed by atoms with van der Waals surface area (Å²) in [5.74, 6) is -1.90. The van der Waals surface area contributed by atoms with E-state index in [1.165, 1.54) is 0 Å². The summed E-state index contributed by atoms with van der Waals surface area (Å²) in [4.78, 5) is 20.4. The first-order valence-electron chi connectivity index (χ1n) is 3.08. The van der Waals surface area contributed by atoms with Gasteiger partial charge < -0.3 is 0 Å². The van der Waals surface area contributed by atoms with Gasteiger partial charge >= 0.3 is 0 Å². The zero-order valence-electron chi connectivity index (χ0n) is 5.88. The lowest BCUT2D eigenvalue weighted by Crippen LogP contribution is -1.96. The van der Waals surface area contributed by atoms with Crippen molar-refractivity contribution >= 4 is 12.6 Å². The van der Waals surface area contributed by atoms with E-state index in [4.69, 9.17) is 0 Å². The van der Waals surface area contributed by atoms with Crippen molar-refractivity contribution in [2.45, 2.75) is 0 Å². The summed E-state index contributed by atoms with van der Waals surface area (Å²) in [5.41, 5.74) is -0.686. The van der Waals surface area contributed by atoms with Gasteiger partial charge in [0.1, 0.15) is 11.6 Å². The van der Waals surface area contributed by atoms with Crippen LogP contribution in [0.1, 0.15) is 20.7 Å². The number of hydrogen-bond donors (Lipinski definition) is 0. The van der Waals surface area contributed by atoms with Gasteiger partial charge in [-0.05, 0) is 6.07 Å². The first kappa shape index (κ1) is 8.52. The third-order valence-corrected chi connectivity index (χ3v) is 1.37. The number of carbonyl (C=O) groups is 2. The quantitative estimate of drug-likeness (QED) is 0.631. The van der Waals surface area contributed by atoms with E-state index in [1.54, 1.807) is 0 Å². The van der Waals surface area contributed by atoms with Gasteiger partial charge in [-0.1, -0.05) is 0 Å². The summed E-state index contributed by atoms with van der Waals surface area (Å²) >= 11 is 0. The summed E-state index contributed by atoms with van der Waals surface area (Å²) in [6.45, 7) is 0. The van der Waals surface area contributed by atoms with Crippen molar-refractivity contribution in [1.82, 2.24) is 0 Å². The molecule has 0 aromatic heterocycles. The van der Waals surface area contributed by atoms with Crippen LogP contribution in [0, 0.1) is 11.6 Å². The normalized spacial score (nSPS) is 9.50. The minimum Gasteiger partial charge on any atom is -0.298 e. The van der Waals surface area contributed by atoms with E-state index in [2.05, 4.69) is 0 Å². The number of hydrogen-bond acceptors (Lipinski definition) is 2. The molecule has 2 nitrogen and oxygen atoms in total. The van der Waals surface area contributed by atoms with Gasteiger partial charge in [0.05, 0.1) is 5.56 Å². The standard InChI is InChI=1S/C8H4F2O2/c9-6-1-5(3-11)7(4-12)8(10)2-6/h1-4H. The van der Waals surface area contributed by atoms with E-state index in [0.717, 1.165) is 6.07 Å². The maximum atomic E-state index is 12.7. The molecule has 0 heterocycles. The second-order valence-corrected chi connectivity index (χ2v) is 2.13. The molecule has 1 aromatic carbocycles. The molecule has 0 saturated heterocycles. The highest BCUT2D eigenvalue weighted by Crippen LogP contribution is 2.11. The topological polar surface area (TPSA) is 34.1 Å². The van der Waals surface area contributed by atoms with Gasteiger partial charge in [0, 0.05) is 11.6 Å². The van der Waals surface area contributed by atoms with Crippen molar-refractivity contribution in [3.8, 4) is 0 Å². The minimum absolute atomic E-state index is 0.179. The van der Waals surface area contributed by atoms with Crippen molar-refractivity contribution in [3.05, 3.63) is 34.9 Å². The molecule has 0 unspecified atom stereocenters. The smallest absolute Gasteiger partial charge is 0.153 e. The van der Waals surface area contributed by atoms with Crippen LogP contribution < -0.4 is 0 Å². The number of halogens is 2. The Hall–Kier alpha value is -1.58. The van der Waals surface area contributed by atoms with Crippen LogP contribution in [0.5, 0.6) is 0 Å². The number of aldehydes is 2. The molecule has 0 amide bonds. The molecule has 1 rings (SSSR count). The van der Waals surface area contributed by atoms with Crippen LogP contribution in [0.15, 0.2) is 12.1 Å². The third kappa shape index (κ3) is 1.37. The number of carbonyl (C=O) groups excluding carboxylic acids is 2. The van der Waals surface area contributed by atoms with Gasteiger partial charge in [-0.15, -0.1) is 0 Å². The zero-order valence-corrected chi connectivity index (χ0v) is 5.88. The SMILES string of the molecule is O=Cc1cc(F)cc(F)c1C=O. The third-order valence-electron chi connectivity index (χ3n) is 1.37. The monoisotopic (exact) mass is 170 g/mol. The molecule has 0 spiro atoms. The molecule has 1 aromatic rings. The van der Waals surface area contributed by atoms with Crippen molar-refractivity contribution in [1.29, 1.82) is 0 Å². The fourth-order valence-corrected chi connectivity index (χ4v) is 0.827. The Labute approximate surface area is 66.8 Å². The van der Waals surface area contributed by atoms with E-state index < -0.39 is 17.2 Å². The predicted octanol–water partition coefficient (Wildman–Crippen LogP) is 1.59. The Kier molecular flexibility index (Phi) is 2.28. The molecule has 4 heteroatoms. The van der Waals surface area contributed by atoms with Crippen LogP contribution in [-0.4, -0.2) is 12.6 Å². The van der Waals surface area contributed by atoms with Crippen LogP contribution in [0.4, 0.5) is 8.78 Å². The van der Waals surface area contributed by atoms with Gasteiger partial charge in [-0.25, -0.2) is 8.78 Å². The molecule has 0 bridgehead atoms. The Morgan fingerprint density at radius 3 is 2.25 bits per heavy atom. The van der Waals surface area contributed by atoms with Crippen LogP contribution in [-0.2, 0) is 0 Å². The summed E-state index contributed by atoms with van der Waals surface area (Å²) in [7, 11) is 0. The Morgan fingerprint density at radius 2 is 1.75 bits per heavy atom. The highest BCUT2D eigenvalue weighted by atomic mass is 19.1. The lowest BCUT2D eigenvalue weighted by molar-refractivity contribution is 0.109. The molecule has 0 aliphatic carbocycles. The summed E-state index contributed by atoms with van der Waals surface area (Å²) < 4.78 is 25.1. The molecule has 12 heavy (non-hydrogen) atoms. The van der Waals surface area contributed by atoms with E-state index in [0.29, 0.717) is 6.07 Å². The highest BCUT2D eigenvalue weighted by molar-refractivity contribution is 5.90. The van der Waals surface area contributed by atoms with Gasteiger partial charge in [-0.3, -0.25) is 9.59 Å². The Bertz CT molecular complexity index is 334. The first-order chi connectivity index (χ1) is 5.69. The second kappa shape index (κ2) is 3.21. The molecular weight excluding hydrogens is 166 g/mol. The molecule has 0 aliphatic rings. The Morgan fingerprint density at radius 1 is 1.08 bits per heavy atom. The van der Waals surface area contributed by atoms with Crippen LogP contribution >= 0.6 is 0 Å². The maximum absolute atomic E-state index is 12.7. The van der Waals surface area contributed by atoms with E-state index in [1.807, 2.05) is 0 Å². The van der Waals surface area contributed by atoms with Crippen LogP contribution in [0.25, 0.3) is 0 Å². The molecule has 0 radical (unpaired) electrons. The lowest BCUT2D eigenvalue weighted by Gasteiger charge is -1.97. The van der Waals surface area contributed by atoms with Crippen LogP contribution in [0.2, 0.25) is 0 Å². The van der Waals surface area contributed by atoms with E-state index in [-0.39, 0.29) is 18.1 Å². The van der Waals surface area contributed by atoms with Crippen molar-refractivity contribution in [3.63, 3.8) is 0 Å². The van der Waals surface area contributed by atoms with Gasteiger partial charge in [0.2, 0.25) is 0 Å². The largest absolute Gasteiger partial charge is 0.298 e. The van der Waals surface area contributed by atoms with Crippen LogP contribution in [0.3, 0.4) is 0 Å². The Balaban J connectivity index is 3.43. The average Bonchev–Trinajstić information content (AvgIpc) is 2.03. The molecule has 0 aliphatic heterocycles. The van der Waals surface area contributed by atoms with Gasteiger partial charge in [0.15, 0.2) is 12.6 Å². The predicted molar refractivity (Wildman–Crippen MR) is 37.1 cm³/mol. The lowest BCUT2D eigenvalue weighted by atomic mass is 10.1. The van der Waals surface area contributed by atoms with Gasteiger partial charge in [-0.2, -0.15) is 0 Å².